The number of aryl methyl sites for hydroxylation is 1. The predicted molar refractivity (Wildman–Crippen MR) is 94.6 cm³/mol. The second-order valence-electron chi connectivity index (χ2n) is 6.47. The summed E-state index contributed by atoms with van der Waals surface area (Å²) in [7, 11) is 1.33. The lowest BCUT2D eigenvalue weighted by Crippen LogP contribution is -2.33. The van der Waals surface area contributed by atoms with Gasteiger partial charge in [0, 0.05) is 12.3 Å². The summed E-state index contributed by atoms with van der Waals surface area (Å²) < 4.78 is 10.6. The maximum Gasteiger partial charge on any atom is 0.340 e. The molecule has 2 aliphatic rings. The van der Waals surface area contributed by atoms with E-state index in [1.165, 1.54) is 7.11 Å². The minimum absolute atomic E-state index is 0.0246. The number of esters is 1. The standard InChI is InChI=1S/C20H23NO4/c1-13-6-8-15(9-7-13)11-17-18(20(23)24-3)14(2)21(19(17)22)12-16-5-4-10-25-16/h6-9,11,16H,4-5,10,12H2,1-3H3/b17-11-/t16-/m0/s1. The highest BCUT2D eigenvalue weighted by Crippen LogP contribution is 2.32. The molecule has 0 saturated carbocycles. The van der Waals surface area contributed by atoms with Crippen LogP contribution >= 0.6 is 0 Å². The van der Waals surface area contributed by atoms with Gasteiger partial charge in [-0.05, 0) is 38.3 Å². The Balaban J connectivity index is 1.96. The maximum absolute atomic E-state index is 13.0. The zero-order chi connectivity index (χ0) is 18.0. The van der Waals surface area contributed by atoms with Gasteiger partial charge < -0.3 is 14.4 Å². The molecule has 0 N–H and O–H groups in total. The molecule has 2 aliphatic heterocycles. The van der Waals surface area contributed by atoms with E-state index in [4.69, 9.17) is 9.47 Å². The van der Waals surface area contributed by atoms with Crippen LogP contribution in [0.1, 0.15) is 30.9 Å². The third kappa shape index (κ3) is 3.51. The van der Waals surface area contributed by atoms with Crippen molar-refractivity contribution >= 4 is 18.0 Å². The molecule has 1 aromatic rings. The van der Waals surface area contributed by atoms with Gasteiger partial charge in [0.15, 0.2) is 0 Å². The van der Waals surface area contributed by atoms with Crippen LogP contribution in [-0.4, -0.2) is 43.1 Å². The first-order valence-electron chi connectivity index (χ1n) is 8.52. The lowest BCUT2D eigenvalue weighted by molar-refractivity contribution is -0.136. The Kier molecular flexibility index (Phi) is 5.04. The van der Waals surface area contributed by atoms with E-state index in [0.29, 0.717) is 23.4 Å². The fourth-order valence-corrected chi connectivity index (χ4v) is 3.27. The van der Waals surface area contributed by atoms with Crippen molar-refractivity contribution in [3.8, 4) is 0 Å². The Hall–Kier alpha value is -2.40. The van der Waals surface area contributed by atoms with Gasteiger partial charge in [0.05, 0.1) is 30.9 Å². The Labute approximate surface area is 147 Å². The highest BCUT2D eigenvalue weighted by Gasteiger charge is 2.38. The third-order valence-electron chi connectivity index (χ3n) is 4.70. The van der Waals surface area contributed by atoms with Crippen molar-refractivity contribution in [2.45, 2.75) is 32.8 Å². The number of methoxy groups -OCH3 is 1. The van der Waals surface area contributed by atoms with Crippen LogP contribution < -0.4 is 0 Å². The van der Waals surface area contributed by atoms with Gasteiger partial charge in [-0.15, -0.1) is 0 Å². The summed E-state index contributed by atoms with van der Waals surface area (Å²) in [6.45, 7) is 4.99. The van der Waals surface area contributed by atoms with E-state index in [1.807, 2.05) is 31.2 Å². The molecule has 1 saturated heterocycles. The molecule has 0 unspecified atom stereocenters. The summed E-state index contributed by atoms with van der Waals surface area (Å²) in [5.41, 5.74) is 3.37. The van der Waals surface area contributed by atoms with Gasteiger partial charge in [-0.1, -0.05) is 29.8 Å². The first-order chi connectivity index (χ1) is 12.0. The van der Waals surface area contributed by atoms with Crippen LogP contribution in [0.3, 0.4) is 0 Å². The van der Waals surface area contributed by atoms with Gasteiger partial charge in [-0.2, -0.15) is 0 Å². The number of nitrogens with zero attached hydrogens (tertiary/aromatic N) is 1. The van der Waals surface area contributed by atoms with Crippen LogP contribution in [0.2, 0.25) is 0 Å². The molecule has 0 aromatic heterocycles. The molecule has 0 radical (unpaired) electrons. The molecule has 1 aromatic carbocycles. The Morgan fingerprint density at radius 1 is 1.32 bits per heavy atom. The van der Waals surface area contributed by atoms with Gasteiger partial charge in [-0.25, -0.2) is 4.79 Å². The SMILES string of the molecule is COC(=O)C1=C(C)N(C[C@@H]2CCCO2)C(=O)/C1=C\c1ccc(C)cc1. The van der Waals surface area contributed by atoms with E-state index < -0.39 is 5.97 Å². The fraction of sp³-hybridized carbons (Fsp3) is 0.400. The highest BCUT2D eigenvalue weighted by atomic mass is 16.5. The van der Waals surface area contributed by atoms with Crippen molar-refractivity contribution in [3.05, 3.63) is 52.2 Å². The van der Waals surface area contributed by atoms with E-state index in [1.54, 1.807) is 17.9 Å². The summed E-state index contributed by atoms with van der Waals surface area (Å²) >= 11 is 0. The summed E-state index contributed by atoms with van der Waals surface area (Å²) in [6.07, 6.45) is 3.72. The topological polar surface area (TPSA) is 55.8 Å². The van der Waals surface area contributed by atoms with E-state index in [-0.39, 0.29) is 12.0 Å². The lowest BCUT2D eigenvalue weighted by atomic mass is 10.0. The Bertz CT molecular complexity index is 739. The quantitative estimate of drug-likeness (QED) is 0.624. The normalized spacial score (nSPS) is 22.2. The first-order valence-corrected chi connectivity index (χ1v) is 8.52. The molecule has 0 spiro atoms. The number of hydrogen-bond acceptors (Lipinski definition) is 4. The molecule has 5 nitrogen and oxygen atoms in total. The van der Waals surface area contributed by atoms with Gasteiger partial charge in [0.1, 0.15) is 0 Å². The summed E-state index contributed by atoms with van der Waals surface area (Å²) in [5, 5.41) is 0. The minimum Gasteiger partial charge on any atom is -0.465 e. The molecular formula is C20H23NO4. The van der Waals surface area contributed by atoms with Crippen molar-refractivity contribution < 1.29 is 19.1 Å². The van der Waals surface area contributed by atoms with Crippen molar-refractivity contribution in [2.24, 2.45) is 0 Å². The average molecular weight is 341 g/mol. The zero-order valence-corrected chi connectivity index (χ0v) is 14.9. The molecule has 1 fully saturated rings. The van der Waals surface area contributed by atoms with E-state index >= 15 is 0 Å². The van der Waals surface area contributed by atoms with Gasteiger partial charge in [-0.3, -0.25) is 4.79 Å². The van der Waals surface area contributed by atoms with Crippen LogP contribution in [0.4, 0.5) is 0 Å². The zero-order valence-electron chi connectivity index (χ0n) is 14.9. The molecule has 2 heterocycles. The number of carbonyl (C=O) groups is 2. The highest BCUT2D eigenvalue weighted by molar-refractivity contribution is 6.16. The third-order valence-corrected chi connectivity index (χ3v) is 4.70. The molecule has 132 valence electrons. The van der Waals surface area contributed by atoms with E-state index in [2.05, 4.69) is 0 Å². The van der Waals surface area contributed by atoms with Gasteiger partial charge in [0.25, 0.3) is 5.91 Å². The molecule has 1 atom stereocenters. The van der Waals surface area contributed by atoms with Gasteiger partial charge >= 0.3 is 5.97 Å². The molecule has 0 bridgehead atoms. The second kappa shape index (κ2) is 7.23. The average Bonchev–Trinajstić information content (AvgIpc) is 3.19. The van der Waals surface area contributed by atoms with E-state index in [0.717, 1.165) is 30.6 Å². The molecule has 25 heavy (non-hydrogen) atoms. The van der Waals surface area contributed by atoms with Crippen molar-refractivity contribution in [1.82, 2.24) is 4.90 Å². The molecule has 1 amide bonds. The molecular weight excluding hydrogens is 318 g/mol. The summed E-state index contributed by atoms with van der Waals surface area (Å²) in [6, 6.07) is 7.82. The molecule has 0 aliphatic carbocycles. The van der Waals surface area contributed by atoms with Crippen LogP contribution in [0, 0.1) is 6.92 Å². The second-order valence-corrected chi connectivity index (χ2v) is 6.47. The minimum atomic E-state index is -0.487. The smallest absolute Gasteiger partial charge is 0.340 e. The Morgan fingerprint density at radius 2 is 2.04 bits per heavy atom. The van der Waals surface area contributed by atoms with Crippen LogP contribution in [0.25, 0.3) is 6.08 Å². The number of rotatable bonds is 4. The number of benzene rings is 1. The number of allylic oxidation sites excluding steroid dienone is 1. The number of amides is 1. The van der Waals surface area contributed by atoms with Crippen LogP contribution in [0.15, 0.2) is 41.1 Å². The monoisotopic (exact) mass is 341 g/mol. The van der Waals surface area contributed by atoms with Crippen molar-refractivity contribution in [1.29, 1.82) is 0 Å². The fourth-order valence-electron chi connectivity index (χ4n) is 3.27. The predicted octanol–water partition coefficient (Wildman–Crippen LogP) is 2.85. The molecule has 5 heteroatoms. The summed E-state index contributed by atoms with van der Waals surface area (Å²) in [5.74, 6) is -0.659. The Morgan fingerprint density at radius 3 is 2.64 bits per heavy atom. The van der Waals surface area contributed by atoms with E-state index in [9.17, 15) is 9.59 Å². The number of ether oxygens (including phenoxy) is 2. The largest absolute Gasteiger partial charge is 0.465 e. The van der Waals surface area contributed by atoms with Crippen LogP contribution in [-0.2, 0) is 19.1 Å². The maximum atomic E-state index is 13.0. The lowest BCUT2D eigenvalue weighted by Gasteiger charge is -2.21. The van der Waals surface area contributed by atoms with Crippen molar-refractivity contribution in [2.75, 3.05) is 20.3 Å². The van der Waals surface area contributed by atoms with Crippen molar-refractivity contribution in [3.63, 3.8) is 0 Å². The first kappa shape index (κ1) is 17.4. The number of hydrogen-bond donors (Lipinski definition) is 0. The van der Waals surface area contributed by atoms with Crippen LogP contribution in [0.5, 0.6) is 0 Å². The van der Waals surface area contributed by atoms with Gasteiger partial charge in [0.2, 0.25) is 0 Å². The summed E-state index contributed by atoms with van der Waals surface area (Å²) in [4.78, 5) is 26.9. The molecule has 3 rings (SSSR count). The number of carbonyl (C=O) groups excluding carboxylic acids is 2.